The summed E-state index contributed by atoms with van der Waals surface area (Å²) < 4.78 is 45.6. The van der Waals surface area contributed by atoms with Gasteiger partial charge in [-0.05, 0) is 62.1 Å². The summed E-state index contributed by atoms with van der Waals surface area (Å²) in [7, 11) is 0. The normalized spacial score (nSPS) is 19.6. The number of aliphatic hydroxyl groups is 1. The van der Waals surface area contributed by atoms with Gasteiger partial charge in [-0.15, -0.1) is 0 Å². The number of halogens is 4. The Labute approximate surface area is 178 Å². The van der Waals surface area contributed by atoms with Gasteiger partial charge in [0.25, 0.3) is 5.91 Å². The van der Waals surface area contributed by atoms with Gasteiger partial charge in [-0.2, -0.15) is 13.2 Å². The summed E-state index contributed by atoms with van der Waals surface area (Å²) in [5.41, 5.74) is -1.08. The highest BCUT2D eigenvalue weighted by atomic mass is 35.5. The summed E-state index contributed by atoms with van der Waals surface area (Å²) >= 11 is 6.15. The first-order valence-corrected chi connectivity index (χ1v) is 9.95. The van der Waals surface area contributed by atoms with Gasteiger partial charge in [-0.3, -0.25) is 4.79 Å². The SMILES string of the molecule is Cc1cc(OCC2(O)CCCN(C(=O)c3ccccc3C(F)(F)F)C2)cc(C)c1Cl. The molecule has 8 heteroatoms. The van der Waals surface area contributed by atoms with Crippen molar-refractivity contribution >= 4 is 17.5 Å². The highest BCUT2D eigenvalue weighted by Gasteiger charge is 2.40. The third-order valence-corrected chi connectivity index (χ3v) is 5.82. The molecule has 0 radical (unpaired) electrons. The zero-order valence-electron chi connectivity index (χ0n) is 16.7. The van der Waals surface area contributed by atoms with Crippen LogP contribution in [0.25, 0.3) is 0 Å². The molecule has 4 nitrogen and oxygen atoms in total. The molecule has 0 bridgehead atoms. The molecule has 30 heavy (non-hydrogen) atoms. The zero-order valence-corrected chi connectivity index (χ0v) is 17.5. The molecule has 0 aliphatic carbocycles. The number of amides is 1. The molecular weight excluding hydrogens is 419 g/mol. The van der Waals surface area contributed by atoms with Crippen LogP contribution in [0.4, 0.5) is 13.2 Å². The minimum absolute atomic E-state index is 0.0851. The summed E-state index contributed by atoms with van der Waals surface area (Å²) in [6, 6.07) is 8.20. The van der Waals surface area contributed by atoms with Crippen LogP contribution in [0.2, 0.25) is 5.02 Å². The average molecular weight is 442 g/mol. The van der Waals surface area contributed by atoms with Crippen LogP contribution < -0.4 is 4.74 Å². The van der Waals surface area contributed by atoms with Gasteiger partial charge in [0.15, 0.2) is 0 Å². The molecule has 0 aromatic heterocycles. The molecule has 1 atom stereocenters. The first-order valence-electron chi connectivity index (χ1n) is 9.58. The van der Waals surface area contributed by atoms with Gasteiger partial charge in [-0.1, -0.05) is 23.7 Å². The van der Waals surface area contributed by atoms with Crippen molar-refractivity contribution in [1.82, 2.24) is 4.90 Å². The Morgan fingerprint density at radius 3 is 2.50 bits per heavy atom. The highest BCUT2D eigenvalue weighted by molar-refractivity contribution is 6.32. The van der Waals surface area contributed by atoms with Gasteiger partial charge >= 0.3 is 6.18 Å². The lowest BCUT2D eigenvalue weighted by Gasteiger charge is -2.39. The molecule has 1 aliphatic rings. The van der Waals surface area contributed by atoms with Crippen LogP contribution in [0.5, 0.6) is 5.75 Å². The number of carbonyl (C=O) groups is 1. The fourth-order valence-electron chi connectivity index (χ4n) is 3.70. The van der Waals surface area contributed by atoms with E-state index in [4.69, 9.17) is 16.3 Å². The molecule has 1 fully saturated rings. The highest BCUT2D eigenvalue weighted by Crippen LogP contribution is 2.33. The molecule has 1 heterocycles. The van der Waals surface area contributed by atoms with Crippen LogP contribution in [0.1, 0.15) is 39.9 Å². The number of benzene rings is 2. The number of piperidine rings is 1. The second-order valence-corrected chi connectivity index (χ2v) is 8.14. The predicted octanol–water partition coefficient (Wildman–Crippen LogP) is 5.02. The summed E-state index contributed by atoms with van der Waals surface area (Å²) in [5.74, 6) is -0.215. The number of aryl methyl sites for hydroxylation is 2. The minimum atomic E-state index is -4.63. The summed E-state index contributed by atoms with van der Waals surface area (Å²) in [4.78, 5) is 14.1. The van der Waals surface area contributed by atoms with E-state index >= 15 is 0 Å². The Kier molecular flexibility index (Phi) is 6.34. The van der Waals surface area contributed by atoms with Gasteiger partial charge in [-0.25, -0.2) is 0 Å². The fraction of sp³-hybridized carbons (Fsp3) is 0.409. The molecule has 3 rings (SSSR count). The first-order chi connectivity index (χ1) is 14.0. The molecule has 2 aromatic rings. The van der Waals surface area contributed by atoms with Gasteiger partial charge < -0.3 is 14.7 Å². The van der Waals surface area contributed by atoms with Crippen LogP contribution in [-0.2, 0) is 6.18 Å². The number of likely N-dealkylation sites (tertiary alicyclic amines) is 1. The number of rotatable bonds is 4. The fourth-order valence-corrected chi connectivity index (χ4v) is 3.81. The number of carbonyl (C=O) groups excluding carboxylic acids is 1. The van der Waals surface area contributed by atoms with Crippen molar-refractivity contribution in [1.29, 1.82) is 0 Å². The van der Waals surface area contributed by atoms with Crippen LogP contribution in [0, 0.1) is 13.8 Å². The molecule has 1 saturated heterocycles. The number of alkyl halides is 3. The Balaban J connectivity index is 1.74. The number of ether oxygens (including phenoxy) is 1. The molecule has 1 amide bonds. The lowest BCUT2D eigenvalue weighted by atomic mass is 9.92. The smallest absolute Gasteiger partial charge is 0.417 e. The molecule has 1 unspecified atom stereocenters. The van der Waals surface area contributed by atoms with Gasteiger partial charge in [0.1, 0.15) is 18.0 Å². The Hall–Kier alpha value is -2.25. The van der Waals surface area contributed by atoms with E-state index in [0.29, 0.717) is 23.6 Å². The van der Waals surface area contributed by atoms with E-state index in [2.05, 4.69) is 0 Å². The van der Waals surface area contributed by atoms with Crippen molar-refractivity contribution in [2.24, 2.45) is 0 Å². The maximum Gasteiger partial charge on any atom is 0.417 e. The van der Waals surface area contributed by atoms with Crippen molar-refractivity contribution in [3.8, 4) is 5.75 Å². The van der Waals surface area contributed by atoms with Crippen molar-refractivity contribution < 1.29 is 27.8 Å². The lowest BCUT2D eigenvalue weighted by molar-refractivity contribution is -0.138. The molecule has 1 aliphatic heterocycles. The number of nitrogens with zero attached hydrogens (tertiary/aromatic N) is 1. The van der Waals surface area contributed by atoms with Crippen LogP contribution in [0.3, 0.4) is 0 Å². The number of hydrogen-bond donors (Lipinski definition) is 1. The van der Waals surface area contributed by atoms with E-state index in [0.717, 1.165) is 23.3 Å². The summed E-state index contributed by atoms with van der Waals surface area (Å²) in [6.07, 6.45) is -3.80. The van der Waals surface area contributed by atoms with Crippen LogP contribution >= 0.6 is 11.6 Å². The molecule has 0 saturated carbocycles. The first kappa shape index (κ1) is 22.4. The number of hydrogen-bond acceptors (Lipinski definition) is 3. The van der Waals surface area contributed by atoms with Gasteiger partial charge in [0.2, 0.25) is 0 Å². The Bertz CT molecular complexity index is 924. The van der Waals surface area contributed by atoms with E-state index in [9.17, 15) is 23.1 Å². The van der Waals surface area contributed by atoms with E-state index in [-0.39, 0.29) is 19.7 Å². The van der Waals surface area contributed by atoms with E-state index in [1.54, 1.807) is 12.1 Å². The molecule has 0 spiro atoms. The second kappa shape index (κ2) is 8.47. The summed E-state index contributed by atoms with van der Waals surface area (Å²) in [5, 5.41) is 11.6. The van der Waals surface area contributed by atoms with Crippen LogP contribution in [-0.4, -0.2) is 41.2 Å². The topological polar surface area (TPSA) is 49.8 Å². The van der Waals surface area contributed by atoms with E-state index < -0.39 is 28.8 Å². The number of β-amino-alcohol motifs (C(OH)–C–C–N with tert-alkyl or cyclic N) is 1. The lowest BCUT2D eigenvalue weighted by Crippen LogP contribution is -2.53. The van der Waals surface area contributed by atoms with Gasteiger partial charge in [0.05, 0.1) is 17.7 Å². The predicted molar refractivity (Wildman–Crippen MR) is 108 cm³/mol. The maximum atomic E-state index is 13.3. The monoisotopic (exact) mass is 441 g/mol. The van der Waals surface area contributed by atoms with Crippen molar-refractivity contribution in [3.63, 3.8) is 0 Å². The standard InChI is InChI=1S/C22H23ClF3NO3/c1-14-10-16(11-15(2)19(14)23)30-13-21(29)8-5-9-27(12-21)20(28)17-6-3-4-7-18(17)22(24,25)26/h3-4,6-7,10-11,29H,5,8-9,12-13H2,1-2H3. The molecule has 1 N–H and O–H groups in total. The zero-order chi connectivity index (χ0) is 22.1. The third kappa shape index (κ3) is 4.90. The van der Waals surface area contributed by atoms with E-state index in [1.165, 1.54) is 17.0 Å². The van der Waals surface area contributed by atoms with Crippen molar-refractivity contribution in [2.75, 3.05) is 19.7 Å². The maximum absolute atomic E-state index is 13.3. The van der Waals surface area contributed by atoms with Gasteiger partial charge in [0, 0.05) is 11.6 Å². The average Bonchev–Trinajstić information content (AvgIpc) is 2.69. The Morgan fingerprint density at radius 2 is 1.87 bits per heavy atom. The molecule has 162 valence electrons. The molecular formula is C22H23ClF3NO3. The largest absolute Gasteiger partial charge is 0.491 e. The second-order valence-electron chi connectivity index (χ2n) is 7.76. The quantitative estimate of drug-likeness (QED) is 0.724. The third-order valence-electron chi connectivity index (χ3n) is 5.22. The summed E-state index contributed by atoms with van der Waals surface area (Å²) in [6.45, 7) is 3.76. The van der Waals surface area contributed by atoms with E-state index in [1.807, 2.05) is 13.8 Å². The Morgan fingerprint density at radius 1 is 1.23 bits per heavy atom. The van der Waals surface area contributed by atoms with Crippen molar-refractivity contribution in [2.45, 2.75) is 38.5 Å². The minimum Gasteiger partial charge on any atom is -0.491 e. The van der Waals surface area contributed by atoms with Crippen molar-refractivity contribution in [3.05, 3.63) is 63.7 Å². The van der Waals surface area contributed by atoms with Crippen LogP contribution in [0.15, 0.2) is 36.4 Å². The molecule has 2 aromatic carbocycles.